The zero-order chi connectivity index (χ0) is 16.3. The molecular weight excluding hydrogens is 330 g/mol. The Labute approximate surface area is 140 Å². The van der Waals surface area contributed by atoms with Crippen LogP contribution in [0.5, 0.6) is 0 Å². The SMILES string of the molecule is CS(=O)(=O)c1ccc(-c2cncc(NC[C@@H]3CCCS3)n2)cc1. The fraction of sp³-hybridized carbons (Fsp3) is 0.375. The van der Waals surface area contributed by atoms with Crippen molar-refractivity contribution in [3.63, 3.8) is 0 Å². The number of anilines is 1. The molecule has 1 aromatic heterocycles. The minimum atomic E-state index is -3.18. The number of aromatic nitrogens is 2. The van der Waals surface area contributed by atoms with E-state index in [0.717, 1.165) is 23.6 Å². The summed E-state index contributed by atoms with van der Waals surface area (Å²) in [6.07, 6.45) is 7.14. The Morgan fingerprint density at radius 1 is 1.26 bits per heavy atom. The van der Waals surface area contributed by atoms with Crippen LogP contribution in [0.25, 0.3) is 11.3 Å². The van der Waals surface area contributed by atoms with E-state index in [1.54, 1.807) is 36.7 Å². The molecule has 0 spiro atoms. The van der Waals surface area contributed by atoms with Crippen molar-refractivity contribution in [3.05, 3.63) is 36.7 Å². The number of hydrogen-bond acceptors (Lipinski definition) is 6. The molecule has 23 heavy (non-hydrogen) atoms. The lowest BCUT2D eigenvalue weighted by Crippen LogP contribution is -2.14. The lowest BCUT2D eigenvalue weighted by atomic mass is 10.2. The van der Waals surface area contributed by atoms with Crippen LogP contribution in [-0.2, 0) is 9.84 Å². The van der Waals surface area contributed by atoms with Gasteiger partial charge in [-0.25, -0.2) is 13.4 Å². The molecule has 1 aliphatic rings. The van der Waals surface area contributed by atoms with Crippen LogP contribution in [0.2, 0.25) is 0 Å². The first-order valence-corrected chi connectivity index (χ1v) is 10.4. The van der Waals surface area contributed by atoms with E-state index in [1.165, 1.54) is 24.9 Å². The van der Waals surface area contributed by atoms with Crippen LogP contribution < -0.4 is 5.32 Å². The third kappa shape index (κ3) is 4.23. The van der Waals surface area contributed by atoms with Gasteiger partial charge in [-0.3, -0.25) is 4.98 Å². The highest BCUT2D eigenvalue weighted by Gasteiger charge is 2.15. The Kier molecular flexibility index (Phi) is 4.87. The molecule has 0 bridgehead atoms. The highest BCUT2D eigenvalue weighted by molar-refractivity contribution is 8.00. The highest BCUT2D eigenvalue weighted by atomic mass is 32.2. The molecule has 1 saturated heterocycles. The van der Waals surface area contributed by atoms with Crippen LogP contribution >= 0.6 is 11.8 Å². The normalized spacial score (nSPS) is 18.0. The quantitative estimate of drug-likeness (QED) is 0.895. The Morgan fingerprint density at radius 3 is 2.70 bits per heavy atom. The first-order valence-electron chi connectivity index (χ1n) is 7.50. The summed E-state index contributed by atoms with van der Waals surface area (Å²) in [5, 5.41) is 3.99. The van der Waals surface area contributed by atoms with Crippen molar-refractivity contribution in [2.45, 2.75) is 23.0 Å². The number of hydrogen-bond donors (Lipinski definition) is 1. The standard InChI is InChI=1S/C16H19N3O2S2/c1-23(20,21)14-6-4-12(5-7-14)15-10-17-11-16(19-15)18-9-13-3-2-8-22-13/h4-7,10-11,13H,2-3,8-9H2,1H3,(H,18,19)/t13-/m0/s1. The molecule has 1 aromatic carbocycles. The molecule has 0 radical (unpaired) electrons. The number of rotatable bonds is 5. The molecule has 0 unspecified atom stereocenters. The maximum atomic E-state index is 11.5. The zero-order valence-electron chi connectivity index (χ0n) is 12.9. The fourth-order valence-corrected chi connectivity index (χ4v) is 4.32. The zero-order valence-corrected chi connectivity index (χ0v) is 14.5. The Morgan fingerprint density at radius 2 is 2.04 bits per heavy atom. The molecule has 1 N–H and O–H groups in total. The van der Waals surface area contributed by atoms with E-state index in [2.05, 4.69) is 15.3 Å². The number of sulfone groups is 1. The predicted octanol–water partition coefficient (Wildman–Crippen LogP) is 2.85. The van der Waals surface area contributed by atoms with Crippen molar-refractivity contribution in [2.24, 2.45) is 0 Å². The molecule has 3 rings (SSSR count). The Bertz CT molecular complexity index is 770. The van der Waals surface area contributed by atoms with Gasteiger partial charge in [0.15, 0.2) is 9.84 Å². The molecule has 5 nitrogen and oxygen atoms in total. The summed E-state index contributed by atoms with van der Waals surface area (Å²) in [6.45, 7) is 0.899. The van der Waals surface area contributed by atoms with Gasteiger partial charge >= 0.3 is 0 Å². The summed E-state index contributed by atoms with van der Waals surface area (Å²) in [5.74, 6) is 1.99. The predicted molar refractivity (Wildman–Crippen MR) is 94.5 cm³/mol. The van der Waals surface area contributed by atoms with Gasteiger partial charge in [0.2, 0.25) is 0 Å². The molecule has 0 saturated carbocycles. The van der Waals surface area contributed by atoms with E-state index >= 15 is 0 Å². The van der Waals surface area contributed by atoms with Gasteiger partial charge in [-0.2, -0.15) is 11.8 Å². The number of nitrogens with zero attached hydrogens (tertiary/aromatic N) is 2. The maximum absolute atomic E-state index is 11.5. The summed E-state index contributed by atoms with van der Waals surface area (Å²) in [5.41, 5.74) is 1.58. The van der Waals surface area contributed by atoms with Gasteiger partial charge in [0.1, 0.15) is 5.82 Å². The minimum Gasteiger partial charge on any atom is -0.368 e. The molecular formula is C16H19N3O2S2. The first-order chi connectivity index (χ1) is 11.0. The second-order valence-corrected chi connectivity index (χ2v) is 9.03. The van der Waals surface area contributed by atoms with Crippen molar-refractivity contribution in [1.82, 2.24) is 9.97 Å². The monoisotopic (exact) mass is 349 g/mol. The Balaban J connectivity index is 1.73. The van der Waals surface area contributed by atoms with Gasteiger partial charge in [-0.05, 0) is 30.7 Å². The average molecular weight is 349 g/mol. The van der Waals surface area contributed by atoms with Crippen molar-refractivity contribution < 1.29 is 8.42 Å². The van der Waals surface area contributed by atoms with E-state index < -0.39 is 9.84 Å². The van der Waals surface area contributed by atoms with Crippen LogP contribution in [-0.4, -0.2) is 42.2 Å². The summed E-state index contributed by atoms with van der Waals surface area (Å²) in [6, 6.07) is 6.72. The van der Waals surface area contributed by atoms with Gasteiger partial charge in [-0.15, -0.1) is 0 Å². The van der Waals surface area contributed by atoms with Gasteiger partial charge in [0, 0.05) is 23.6 Å². The summed E-state index contributed by atoms with van der Waals surface area (Å²) in [4.78, 5) is 9.10. The lowest BCUT2D eigenvalue weighted by molar-refractivity contribution is 0.602. The molecule has 1 fully saturated rings. The van der Waals surface area contributed by atoms with E-state index in [-0.39, 0.29) is 0 Å². The van der Waals surface area contributed by atoms with E-state index in [1.807, 2.05) is 11.8 Å². The third-order valence-corrected chi connectivity index (χ3v) is 6.27. The molecule has 1 atom stereocenters. The second-order valence-electron chi connectivity index (χ2n) is 5.60. The second kappa shape index (κ2) is 6.88. The summed E-state index contributed by atoms with van der Waals surface area (Å²) in [7, 11) is -3.18. The first kappa shape index (κ1) is 16.3. The topological polar surface area (TPSA) is 72.0 Å². The largest absolute Gasteiger partial charge is 0.368 e. The maximum Gasteiger partial charge on any atom is 0.175 e. The van der Waals surface area contributed by atoms with E-state index in [9.17, 15) is 8.42 Å². The number of nitrogens with one attached hydrogen (secondary N) is 1. The van der Waals surface area contributed by atoms with Crippen molar-refractivity contribution in [3.8, 4) is 11.3 Å². The van der Waals surface area contributed by atoms with Crippen molar-refractivity contribution >= 4 is 27.4 Å². The number of thioether (sulfide) groups is 1. The Hall–Kier alpha value is -1.60. The number of benzene rings is 1. The van der Waals surface area contributed by atoms with Crippen LogP contribution in [0.4, 0.5) is 5.82 Å². The molecule has 2 heterocycles. The third-order valence-electron chi connectivity index (χ3n) is 3.75. The van der Waals surface area contributed by atoms with Gasteiger partial charge in [-0.1, -0.05) is 12.1 Å². The summed E-state index contributed by atoms with van der Waals surface area (Å²) < 4.78 is 23.0. The van der Waals surface area contributed by atoms with E-state index in [4.69, 9.17) is 0 Å². The van der Waals surface area contributed by atoms with Gasteiger partial charge in [0.25, 0.3) is 0 Å². The smallest absolute Gasteiger partial charge is 0.175 e. The minimum absolute atomic E-state index is 0.307. The van der Waals surface area contributed by atoms with Crippen molar-refractivity contribution in [2.75, 3.05) is 23.9 Å². The van der Waals surface area contributed by atoms with Gasteiger partial charge in [0.05, 0.1) is 23.0 Å². The van der Waals surface area contributed by atoms with Crippen LogP contribution in [0.15, 0.2) is 41.6 Å². The summed E-state index contributed by atoms with van der Waals surface area (Å²) >= 11 is 2.00. The molecule has 122 valence electrons. The van der Waals surface area contributed by atoms with Gasteiger partial charge < -0.3 is 5.32 Å². The highest BCUT2D eigenvalue weighted by Crippen LogP contribution is 2.26. The molecule has 0 aliphatic carbocycles. The van der Waals surface area contributed by atoms with Crippen molar-refractivity contribution in [1.29, 1.82) is 0 Å². The lowest BCUT2D eigenvalue weighted by Gasteiger charge is -2.11. The van der Waals surface area contributed by atoms with E-state index in [0.29, 0.717) is 10.1 Å². The molecule has 0 amide bonds. The molecule has 1 aliphatic heterocycles. The van der Waals surface area contributed by atoms with Crippen LogP contribution in [0, 0.1) is 0 Å². The molecule has 7 heteroatoms. The average Bonchev–Trinajstić information content (AvgIpc) is 3.06. The fourth-order valence-electron chi connectivity index (χ4n) is 2.49. The van der Waals surface area contributed by atoms with Crippen LogP contribution in [0.1, 0.15) is 12.8 Å². The molecule has 2 aromatic rings. The van der Waals surface area contributed by atoms with Crippen LogP contribution in [0.3, 0.4) is 0 Å².